The van der Waals surface area contributed by atoms with Crippen LogP contribution >= 0.6 is 0 Å². The summed E-state index contributed by atoms with van der Waals surface area (Å²) in [5.41, 5.74) is 11.4. The molecule has 1 atom stereocenters. The predicted octanol–water partition coefficient (Wildman–Crippen LogP) is 8.44. The fourth-order valence-electron chi connectivity index (χ4n) is 7.71. The Labute approximate surface area is 241 Å². The van der Waals surface area contributed by atoms with Gasteiger partial charge in [-0.05, 0) is 60.0 Å². The lowest BCUT2D eigenvalue weighted by Gasteiger charge is -2.17. The van der Waals surface area contributed by atoms with Crippen molar-refractivity contribution in [3.05, 3.63) is 132 Å². The Morgan fingerprint density at radius 2 is 1.29 bits per heavy atom. The van der Waals surface area contributed by atoms with Crippen molar-refractivity contribution in [1.29, 1.82) is 0 Å². The van der Waals surface area contributed by atoms with E-state index in [0.717, 1.165) is 49.4 Å². The van der Waals surface area contributed by atoms with Gasteiger partial charge >= 0.3 is 5.66 Å². The third kappa shape index (κ3) is 2.47. The number of nitrogens with zero attached hydrogens (tertiary/aromatic N) is 2. The molecule has 10 rings (SSSR count). The Balaban J connectivity index is 1.39. The van der Waals surface area contributed by atoms with Crippen LogP contribution in [-0.4, -0.2) is 0 Å². The van der Waals surface area contributed by atoms with Crippen LogP contribution < -0.4 is 9.13 Å². The molecular weight excluding hydrogens is 516 g/mol. The van der Waals surface area contributed by atoms with Crippen LogP contribution in [0, 0.1) is 0 Å². The van der Waals surface area contributed by atoms with Gasteiger partial charge in [0.25, 0.3) is 0 Å². The van der Waals surface area contributed by atoms with Crippen molar-refractivity contribution in [3.63, 3.8) is 0 Å². The first-order valence-electron chi connectivity index (χ1n) is 14.6. The second-order valence-electron chi connectivity index (χ2n) is 11.9. The number of hydrogen-bond donors (Lipinski definition) is 0. The lowest BCUT2D eigenvalue weighted by molar-refractivity contribution is -0.955. The molecule has 2 aliphatic rings. The van der Waals surface area contributed by atoms with Gasteiger partial charge in [-0.25, -0.2) is 0 Å². The summed E-state index contributed by atoms with van der Waals surface area (Å²) in [5, 5.41) is 4.37. The molecule has 4 nitrogen and oxygen atoms in total. The molecule has 198 valence electrons. The lowest BCUT2D eigenvalue weighted by Crippen LogP contribution is -2.71. The first kappa shape index (κ1) is 22.5. The Morgan fingerprint density at radius 3 is 2.19 bits per heavy atom. The van der Waals surface area contributed by atoms with E-state index in [1.165, 1.54) is 33.6 Å². The van der Waals surface area contributed by atoms with Gasteiger partial charge in [0, 0.05) is 45.8 Å². The summed E-state index contributed by atoms with van der Waals surface area (Å²) >= 11 is 0. The monoisotopic (exact) mass is 542 g/mol. The summed E-state index contributed by atoms with van der Waals surface area (Å²) in [4.78, 5) is 0. The van der Waals surface area contributed by atoms with E-state index in [1.54, 1.807) is 0 Å². The number of aromatic nitrogens is 2. The molecule has 0 bridgehead atoms. The van der Waals surface area contributed by atoms with Gasteiger partial charge < -0.3 is 8.83 Å². The molecule has 0 radical (unpaired) electrons. The molecule has 4 heteroatoms. The van der Waals surface area contributed by atoms with E-state index in [2.05, 4.69) is 126 Å². The van der Waals surface area contributed by atoms with Crippen LogP contribution in [-0.2, 0) is 5.66 Å². The molecule has 6 heterocycles. The predicted molar refractivity (Wildman–Crippen MR) is 164 cm³/mol. The second-order valence-corrected chi connectivity index (χ2v) is 11.9. The van der Waals surface area contributed by atoms with Crippen LogP contribution in [0.2, 0.25) is 0 Å². The highest BCUT2D eigenvalue weighted by atomic mass is 16.4. The highest BCUT2D eigenvalue weighted by Crippen LogP contribution is 2.51. The zero-order chi connectivity index (χ0) is 27.7. The van der Waals surface area contributed by atoms with Crippen molar-refractivity contribution < 1.29 is 18.0 Å². The average molecular weight is 543 g/mol. The van der Waals surface area contributed by atoms with E-state index in [-0.39, 0.29) is 0 Å². The molecule has 1 unspecified atom stereocenters. The number of benzene rings is 4. The Hall–Kier alpha value is -5.22. The largest absolute Gasteiger partial charge is 0.452 e. The minimum absolute atomic E-state index is 0.400. The minimum atomic E-state index is -0.560. The summed E-state index contributed by atoms with van der Waals surface area (Å²) in [5.74, 6) is 0.400. The Kier molecular flexibility index (Phi) is 4.03. The standard InChI is InChI=1S/C38H26N2O2/c1-22(2)23-18-20-40-32(21-23)34-30(38(40)29-11-5-3-10-28(29)31-12-7-8-19-39(31)38)17-16-26-27-15-14-25-24-9-4-6-13-33(24)41-36(25)37(27)42-35(26)34/h3-22H,1-2H3/q+2. The quantitative estimate of drug-likeness (QED) is 0.195. The number of furan rings is 2. The van der Waals surface area contributed by atoms with Crippen LogP contribution in [0.3, 0.4) is 0 Å². The summed E-state index contributed by atoms with van der Waals surface area (Å²) < 4.78 is 18.3. The first-order chi connectivity index (χ1) is 20.7. The van der Waals surface area contributed by atoms with E-state index < -0.39 is 5.66 Å². The topological polar surface area (TPSA) is 34.0 Å². The van der Waals surface area contributed by atoms with Crippen LogP contribution in [0.1, 0.15) is 36.5 Å². The third-order valence-electron chi connectivity index (χ3n) is 9.57. The molecule has 0 amide bonds. The van der Waals surface area contributed by atoms with E-state index in [1.807, 2.05) is 12.1 Å². The van der Waals surface area contributed by atoms with Gasteiger partial charge in [-0.1, -0.05) is 44.2 Å². The molecule has 0 fully saturated rings. The van der Waals surface area contributed by atoms with Crippen LogP contribution in [0.25, 0.3) is 66.4 Å². The Morgan fingerprint density at radius 1 is 0.571 bits per heavy atom. The maximum atomic E-state index is 6.96. The SMILES string of the molecule is CC(C)c1cc[n+]2c(c1)-c1c(ccc3c1oc1c3ccc3c4ccccc4oc31)C21c2ccccc2-c2cccc[n+]21. The maximum Gasteiger partial charge on any atom is 0.417 e. The van der Waals surface area contributed by atoms with Gasteiger partial charge in [0.1, 0.15) is 27.9 Å². The normalized spacial score (nSPS) is 16.6. The highest BCUT2D eigenvalue weighted by Gasteiger charge is 2.67. The summed E-state index contributed by atoms with van der Waals surface area (Å²) in [6.45, 7) is 4.51. The van der Waals surface area contributed by atoms with Crippen LogP contribution in [0.4, 0.5) is 0 Å². The van der Waals surface area contributed by atoms with Crippen molar-refractivity contribution in [1.82, 2.24) is 0 Å². The minimum Gasteiger partial charge on any atom is -0.452 e. The molecule has 2 aliphatic heterocycles. The molecule has 0 N–H and O–H groups in total. The van der Waals surface area contributed by atoms with Crippen molar-refractivity contribution in [2.45, 2.75) is 25.4 Å². The fourth-order valence-corrected chi connectivity index (χ4v) is 7.71. The van der Waals surface area contributed by atoms with Crippen LogP contribution in [0.15, 0.2) is 124 Å². The van der Waals surface area contributed by atoms with E-state index in [9.17, 15) is 0 Å². The molecule has 8 aromatic rings. The van der Waals surface area contributed by atoms with Crippen molar-refractivity contribution in [2.75, 3.05) is 0 Å². The third-order valence-corrected chi connectivity index (χ3v) is 9.57. The zero-order valence-corrected chi connectivity index (χ0v) is 23.3. The summed E-state index contributed by atoms with van der Waals surface area (Å²) in [7, 11) is 0. The lowest BCUT2D eigenvalue weighted by atomic mass is 9.89. The van der Waals surface area contributed by atoms with Gasteiger partial charge in [-0.2, -0.15) is 0 Å². The number of rotatable bonds is 1. The van der Waals surface area contributed by atoms with Gasteiger partial charge in [0.05, 0.1) is 5.56 Å². The molecule has 1 spiro atoms. The van der Waals surface area contributed by atoms with Gasteiger partial charge in [0.2, 0.25) is 11.4 Å². The highest BCUT2D eigenvalue weighted by molar-refractivity contribution is 6.20. The first-order valence-corrected chi connectivity index (χ1v) is 14.6. The summed E-state index contributed by atoms with van der Waals surface area (Å²) in [6.07, 6.45) is 4.50. The smallest absolute Gasteiger partial charge is 0.417 e. The molecule has 0 aliphatic carbocycles. The fraction of sp³-hybridized carbons (Fsp3) is 0.105. The zero-order valence-electron chi connectivity index (χ0n) is 23.3. The number of pyridine rings is 2. The van der Waals surface area contributed by atoms with E-state index in [0.29, 0.717) is 5.92 Å². The van der Waals surface area contributed by atoms with Gasteiger partial charge in [-0.15, -0.1) is 9.13 Å². The molecule has 0 saturated heterocycles. The second kappa shape index (κ2) is 7.54. The number of hydrogen-bond acceptors (Lipinski definition) is 2. The van der Waals surface area contributed by atoms with E-state index >= 15 is 0 Å². The van der Waals surface area contributed by atoms with E-state index in [4.69, 9.17) is 8.83 Å². The maximum absolute atomic E-state index is 6.96. The molecular formula is C38H26N2O2+2. The molecule has 42 heavy (non-hydrogen) atoms. The average Bonchev–Trinajstić information content (AvgIpc) is 3.75. The Bertz CT molecular complexity index is 2410. The van der Waals surface area contributed by atoms with Crippen molar-refractivity contribution >= 4 is 43.9 Å². The molecule has 0 saturated carbocycles. The van der Waals surface area contributed by atoms with Crippen molar-refractivity contribution in [2.24, 2.45) is 0 Å². The summed E-state index contributed by atoms with van der Waals surface area (Å²) in [6, 6.07) is 37.1. The van der Waals surface area contributed by atoms with Crippen LogP contribution in [0.5, 0.6) is 0 Å². The van der Waals surface area contributed by atoms with Crippen molar-refractivity contribution in [3.8, 4) is 22.5 Å². The number of fused-ring (bicyclic) bond motifs is 18. The van der Waals surface area contributed by atoms with Gasteiger partial charge in [0.15, 0.2) is 23.6 Å². The molecule has 4 aromatic heterocycles. The van der Waals surface area contributed by atoms with Gasteiger partial charge in [-0.3, -0.25) is 0 Å². The molecule has 4 aromatic carbocycles. The number of para-hydroxylation sites is 1.